The Kier molecular flexibility index (Phi) is 2.99. The van der Waals surface area contributed by atoms with Gasteiger partial charge in [-0.05, 0) is 30.7 Å². The largest absolute Gasteiger partial charge is 0.507 e. The number of aryl methyl sites for hydroxylation is 1. The zero-order chi connectivity index (χ0) is 14.1. The van der Waals surface area contributed by atoms with Crippen LogP contribution in [0, 0.1) is 6.92 Å². The van der Waals surface area contributed by atoms with Gasteiger partial charge in [0, 0.05) is 41.2 Å². The van der Waals surface area contributed by atoms with Crippen molar-refractivity contribution in [2.75, 3.05) is 7.11 Å². The van der Waals surface area contributed by atoms with Crippen LogP contribution in [-0.2, 0) is 0 Å². The first-order valence-corrected chi connectivity index (χ1v) is 6.27. The van der Waals surface area contributed by atoms with E-state index in [1.807, 2.05) is 31.2 Å². The Morgan fingerprint density at radius 2 is 1.95 bits per heavy atom. The van der Waals surface area contributed by atoms with Crippen LogP contribution in [0.4, 0.5) is 0 Å². The van der Waals surface area contributed by atoms with Crippen LogP contribution >= 0.6 is 0 Å². The Balaban J connectivity index is 2.29. The molecule has 0 saturated carbocycles. The van der Waals surface area contributed by atoms with E-state index in [1.54, 1.807) is 25.7 Å². The average Bonchev–Trinajstić information content (AvgIpc) is 2.49. The summed E-state index contributed by atoms with van der Waals surface area (Å²) in [5.74, 6) is 1.01. The third kappa shape index (κ3) is 1.95. The van der Waals surface area contributed by atoms with Gasteiger partial charge in [0.2, 0.25) is 0 Å². The minimum Gasteiger partial charge on any atom is -0.507 e. The maximum atomic E-state index is 10.2. The molecule has 3 aromatic rings. The third-order valence-electron chi connectivity index (χ3n) is 3.34. The van der Waals surface area contributed by atoms with Crippen molar-refractivity contribution in [3.63, 3.8) is 0 Å². The van der Waals surface area contributed by atoms with E-state index in [9.17, 15) is 5.11 Å². The Morgan fingerprint density at radius 1 is 1.10 bits per heavy atom. The molecule has 0 aliphatic carbocycles. The molecule has 0 aliphatic heterocycles. The number of rotatable bonds is 2. The first kappa shape index (κ1) is 12.4. The third-order valence-corrected chi connectivity index (χ3v) is 3.34. The molecule has 20 heavy (non-hydrogen) atoms. The minimum absolute atomic E-state index is 0.253. The van der Waals surface area contributed by atoms with Crippen molar-refractivity contribution in [2.45, 2.75) is 6.92 Å². The lowest BCUT2D eigenvalue weighted by Crippen LogP contribution is -1.89. The number of aromatic hydroxyl groups is 1. The molecule has 0 atom stereocenters. The molecule has 1 aromatic carbocycles. The lowest BCUT2D eigenvalue weighted by molar-refractivity contribution is 0.415. The Labute approximate surface area is 116 Å². The van der Waals surface area contributed by atoms with E-state index >= 15 is 0 Å². The second-order valence-corrected chi connectivity index (χ2v) is 4.59. The lowest BCUT2D eigenvalue weighted by atomic mass is 10.0. The smallest absolute Gasteiger partial charge is 0.129 e. The molecule has 0 fully saturated rings. The second-order valence-electron chi connectivity index (χ2n) is 4.59. The van der Waals surface area contributed by atoms with Gasteiger partial charge >= 0.3 is 0 Å². The normalized spacial score (nSPS) is 10.7. The highest BCUT2D eigenvalue weighted by Gasteiger charge is 2.11. The van der Waals surface area contributed by atoms with Gasteiger partial charge in [-0.15, -0.1) is 0 Å². The summed E-state index contributed by atoms with van der Waals surface area (Å²) in [7, 11) is 1.63. The highest BCUT2D eigenvalue weighted by atomic mass is 16.5. The molecule has 100 valence electrons. The Hall–Kier alpha value is -2.62. The molecule has 0 unspecified atom stereocenters. The predicted molar refractivity (Wildman–Crippen MR) is 77.9 cm³/mol. The summed E-state index contributed by atoms with van der Waals surface area (Å²) in [4.78, 5) is 8.50. The highest BCUT2D eigenvalue weighted by molar-refractivity contribution is 5.96. The van der Waals surface area contributed by atoms with E-state index in [-0.39, 0.29) is 5.75 Å². The van der Waals surface area contributed by atoms with Crippen molar-refractivity contribution >= 4 is 10.9 Å². The molecule has 0 bridgehead atoms. The summed E-state index contributed by atoms with van der Waals surface area (Å²) in [5.41, 5.74) is 3.19. The monoisotopic (exact) mass is 266 g/mol. The molecule has 0 spiro atoms. The maximum absolute atomic E-state index is 10.2. The topological polar surface area (TPSA) is 55.2 Å². The van der Waals surface area contributed by atoms with Gasteiger partial charge < -0.3 is 9.84 Å². The zero-order valence-electron chi connectivity index (χ0n) is 11.3. The number of aromatic nitrogens is 2. The SMILES string of the molecule is COc1ccc2c(-c3cncc(C)c3O)ccnc2c1. The van der Waals surface area contributed by atoms with Gasteiger partial charge in [0.1, 0.15) is 11.5 Å². The van der Waals surface area contributed by atoms with Crippen LogP contribution in [0.3, 0.4) is 0 Å². The molecule has 0 aliphatic rings. The molecule has 0 radical (unpaired) electrons. The average molecular weight is 266 g/mol. The number of ether oxygens (including phenoxy) is 1. The van der Waals surface area contributed by atoms with Crippen LogP contribution < -0.4 is 4.74 Å². The number of hydrogen-bond donors (Lipinski definition) is 1. The van der Waals surface area contributed by atoms with Gasteiger partial charge in [-0.25, -0.2) is 0 Å². The molecule has 0 saturated heterocycles. The molecular weight excluding hydrogens is 252 g/mol. The van der Waals surface area contributed by atoms with E-state index in [0.29, 0.717) is 5.56 Å². The van der Waals surface area contributed by atoms with Gasteiger partial charge in [0.25, 0.3) is 0 Å². The molecule has 2 aromatic heterocycles. The minimum atomic E-state index is 0.253. The number of fused-ring (bicyclic) bond motifs is 1. The van der Waals surface area contributed by atoms with Crippen molar-refractivity contribution < 1.29 is 9.84 Å². The molecule has 1 N–H and O–H groups in total. The fourth-order valence-corrected chi connectivity index (χ4v) is 2.25. The predicted octanol–water partition coefficient (Wildman–Crippen LogP) is 3.32. The summed E-state index contributed by atoms with van der Waals surface area (Å²) >= 11 is 0. The second kappa shape index (κ2) is 4.81. The quantitative estimate of drug-likeness (QED) is 0.773. The number of pyridine rings is 2. The molecule has 0 amide bonds. The van der Waals surface area contributed by atoms with E-state index in [4.69, 9.17) is 4.74 Å². The van der Waals surface area contributed by atoms with Gasteiger partial charge in [-0.2, -0.15) is 0 Å². The molecular formula is C16H14N2O2. The van der Waals surface area contributed by atoms with Gasteiger partial charge in [0.15, 0.2) is 0 Å². The number of methoxy groups -OCH3 is 1. The number of benzene rings is 1. The summed E-state index contributed by atoms with van der Waals surface area (Å²) < 4.78 is 5.21. The zero-order valence-corrected chi connectivity index (χ0v) is 11.3. The highest BCUT2D eigenvalue weighted by Crippen LogP contribution is 2.35. The van der Waals surface area contributed by atoms with E-state index in [2.05, 4.69) is 9.97 Å². The van der Waals surface area contributed by atoms with Crippen LogP contribution in [0.5, 0.6) is 11.5 Å². The van der Waals surface area contributed by atoms with E-state index in [0.717, 1.165) is 27.8 Å². The van der Waals surface area contributed by atoms with Crippen molar-refractivity contribution in [3.05, 3.63) is 48.4 Å². The fourth-order valence-electron chi connectivity index (χ4n) is 2.25. The Morgan fingerprint density at radius 3 is 2.75 bits per heavy atom. The fraction of sp³-hybridized carbons (Fsp3) is 0.125. The van der Waals surface area contributed by atoms with Crippen molar-refractivity contribution in [1.29, 1.82) is 0 Å². The van der Waals surface area contributed by atoms with Crippen LogP contribution in [0.1, 0.15) is 5.56 Å². The molecule has 2 heterocycles. The van der Waals surface area contributed by atoms with Gasteiger partial charge in [-0.1, -0.05) is 0 Å². The van der Waals surface area contributed by atoms with Crippen molar-refractivity contribution in [3.8, 4) is 22.6 Å². The van der Waals surface area contributed by atoms with Gasteiger partial charge in [0.05, 0.1) is 12.6 Å². The number of nitrogens with zero attached hydrogens (tertiary/aromatic N) is 2. The van der Waals surface area contributed by atoms with E-state index in [1.165, 1.54) is 0 Å². The molecule has 4 heteroatoms. The van der Waals surface area contributed by atoms with Crippen LogP contribution in [-0.4, -0.2) is 22.2 Å². The van der Waals surface area contributed by atoms with Crippen LogP contribution in [0.25, 0.3) is 22.0 Å². The first-order valence-electron chi connectivity index (χ1n) is 6.27. The number of hydrogen-bond acceptors (Lipinski definition) is 4. The van der Waals surface area contributed by atoms with E-state index < -0.39 is 0 Å². The van der Waals surface area contributed by atoms with Gasteiger partial charge in [-0.3, -0.25) is 9.97 Å². The van der Waals surface area contributed by atoms with Crippen LogP contribution in [0.2, 0.25) is 0 Å². The van der Waals surface area contributed by atoms with Crippen LogP contribution in [0.15, 0.2) is 42.9 Å². The van der Waals surface area contributed by atoms with Crippen molar-refractivity contribution in [2.24, 2.45) is 0 Å². The van der Waals surface area contributed by atoms with Crippen molar-refractivity contribution in [1.82, 2.24) is 9.97 Å². The maximum Gasteiger partial charge on any atom is 0.129 e. The standard InChI is InChI=1S/C16H14N2O2/c1-10-8-17-9-14(16(10)19)12-5-6-18-15-7-11(20-2)3-4-13(12)15/h3-9H,1-2H3,(H,17,19). The molecule has 3 rings (SSSR count). The Bertz CT molecular complexity index is 785. The lowest BCUT2D eigenvalue weighted by Gasteiger charge is -2.10. The summed E-state index contributed by atoms with van der Waals surface area (Å²) in [6.45, 7) is 1.83. The molecule has 4 nitrogen and oxygen atoms in total. The summed E-state index contributed by atoms with van der Waals surface area (Å²) in [5, 5.41) is 11.2. The first-order chi connectivity index (χ1) is 9.70. The summed E-state index contributed by atoms with van der Waals surface area (Å²) in [6, 6.07) is 7.58. The summed E-state index contributed by atoms with van der Waals surface area (Å²) in [6.07, 6.45) is 5.03.